The Morgan fingerprint density at radius 3 is 2.47 bits per heavy atom. The van der Waals surface area contributed by atoms with Crippen LogP contribution in [-0.4, -0.2) is 28.1 Å². The van der Waals surface area contributed by atoms with Crippen molar-refractivity contribution in [2.45, 2.75) is 37.4 Å². The van der Waals surface area contributed by atoms with Crippen LogP contribution in [0, 0.1) is 17.1 Å². The molecule has 0 N–H and O–H groups in total. The van der Waals surface area contributed by atoms with E-state index in [0.29, 0.717) is 37.4 Å². The first-order chi connectivity index (χ1) is 18.2. The van der Waals surface area contributed by atoms with Crippen LogP contribution in [0.25, 0.3) is 0 Å². The summed E-state index contributed by atoms with van der Waals surface area (Å²) in [6, 6.07) is 15.8. The van der Waals surface area contributed by atoms with Crippen LogP contribution in [0.5, 0.6) is 5.75 Å². The van der Waals surface area contributed by atoms with E-state index in [2.05, 4.69) is 4.98 Å². The Hall–Kier alpha value is -4.04. The third kappa shape index (κ3) is 4.35. The number of aromatic nitrogens is 1. The normalized spacial score (nSPS) is 16.5. The second-order valence-corrected chi connectivity index (χ2v) is 9.41. The van der Waals surface area contributed by atoms with Crippen LogP contribution < -0.4 is 14.5 Å². The molecule has 38 heavy (non-hydrogen) atoms. The average molecular weight is 541 g/mol. The van der Waals surface area contributed by atoms with Gasteiger partial charge in [0.05, 0.1) is 24.1 Å². The van der Waals surface area contributed by atoms with Crippen LogP contribution >= 0.6 is 12.2 Å². The molecule has 2 aliphatic rings. The number of rotatable bonds is 6. The van der Waals surface area contributed by atoms with Gasteiger partial charge in [0, 0.05) is 18.2 Å². The SMILES string of the molecule is N#Cc1ncc(N2C(=O)C3(CCC3)N(c3ccc(F)c(OCCc4ccccc4)c3)C2=S)cc1C(F)(F)F. The zero-order valence-electron chi connectivity index (χ0n) is 19.8. The smallest absolute Gasteiger partial charge is 0.419 e. The number of carbonyl (C=O) groups is 1. The lowest BCUT2D eigenvalue weighted by atomic mass is 9.75. The summed E-state index contributed by atoms with van der Waals surface area (Å²) in [5.74, 6) is -1.12. The van der Waals surface area contributed by atoms with E-state index in [-0.39, 0.29) is 23.2 Å². The number of thiocarbonyl (C=S) groups is 1. The number of ether oxygens (including phenoxy) is 1. The molecule has 1 aliphatic carbocycles. The largest absolute Gasteiger partial charge is 0.490 e. The van der Waals surface area contributed by atoms with Gasteiger partial charge in [0.2, 0.25) is 0 Å². The highest BCUT2D eigenvalue weighted by atomic mass is 32.1. The quantitative estimate of drug-likeness (QED) is 0.291. The van der Waals surface area contributed by atoms with E-state index >= 15 is 0 Å². The molecule has 194 valence electrons. The number of nitriles is 1. The fraction of sp³-hybridized carbons (Fsp3) is 0.259. The Morgan fingerprint density at radius 1 is 1.11 bits per heavy atom. The Kier molecular flexibility index (Phi) is 6.53. The third-order valence-corrected chi connectivity index (χ3v) is 7.16. The van der Waals surface area contributed by atoms with Crippen LogP contribution in [0.4, 0.5) is 28.9 Å². The molecule has 0 unspecified atom stereocenters. The summed E-state index contributed by atoms with van der Waals surface area (Å²) in [7, 11) is 0. The molecular weight excluding hydrogens is 520 g/mol. The van der Waals surface area contributed by atoms with E-state index in [1.54, 1.807) is 4.90 Å². The minimum absolute atomic E-state index is 0.0269. The minimum Gasteiger partial charge on any atom is -0.490 e. The van der Waals surface area contributed by atoms with Gasteiger partial charge in [0.25, 0.3) is 5.91 Å². The zero-order valence-corrected chi connectivity index (χ0v) is 20.7. The first kappa shape index (κ1) is 25.6. The van der Waals surface area contributed by atoms with Crippen molar-refractivity contribution >= 4 is 34.6 Å². The van der Waals surface area contributed by atoms with Crippen molar-refractivity contribution in [1.82, 2.24) is 4.98 Å². The highest BCUT2D eigenvalue weighted by Crippen LogP contribution is 2.48. The molecule has 1 aliphatic heterocycles. The predicted molar refractivity (Wildman–Crippen MR) is 135 cm³/mol. The lowest BCUT2D eigenvalue weighted by molar-refractivity contribution is -0.138. The van der Waals surface area contributed by atoms with Crippen LogP contribution in [0.15, 0.2) is 60.8 Å². The highest BCUT2D eigenvalue weighted by molar-refractivity contribution is 7.81. The maximum absolute atomic E-state index is 14.6. The number of pyridine rings is 1. The molecule has 11 heteroatoms. The van der Waals surface area contributed by atoms with E-state index < -0.39 is 34.7 Å². The monoisotopic (exact) mass is 540 g/mol. The van der Waals surface area contributed by atoms with Gasteiger partial charge >= 0.3 is 6.18 Å². The van der Waals surface area contributed by atoms with Gasteiger partial charge in [0.15, 0.2) is 22.4 Å². The maximum Gasteiger partial charge on any atom is 0.419 e. The van der Waals surface area contributed by atoms with Gasteiger partial charge < -0.3 is 9.64 Å². The number of hydrogen-bond donors (Lipinski definition) is 0. The van der Waals surface area contributed by atoms with Crippen molar-refractivity contribution in [3.63, 3.8) is 0 Å². The molecule has 3 aromatic rings. The van der Waals surface area contributed by atoms with Crippen molar-refractivity contribution in [2.75, 3.05) is 16.4 Å². The lowest BCUT2D eigenvalue weighted by Gasteiger charge is -2.43. The number of carbonyl (C=O) groups excluding carboxylic acids is 1. The van der Waals surface area contributed by atoms with Crippen LogP contribution in [0.3, 0.4) is 0 Å². The van der Waals surface area contributed by atoms with Gasteiger partial charge in [-0.3, -0.25) is 9.69 Å². The molecule has 2 fully saturated rings. The summed E-state index contributed by atoms with van der Waals surface area (Å²) in [5, 5.41) is 9.01. The number of alkyl halides is 3. The Bertz CT molecular complexity index is 1450. The summed E-state index contributed by atoms with van der Waals surface area (Å²) in [6.07, 6.45) is -1.73. The molecule has 2 aromatic carbocycles. The molecule has 1 saturated heterocycles. The lowest BCUT2D eigenvalue weighted by Crippen LogP contribution is -2.55. The van der Waals surface area contributed by atoms with Crippen molar-refractivity contribution in [3.05, 3.63) is 83.4 Å². The first-order valence-electron chi connectivity index (χ1n) is 11.8. The molecule has 2 heterocycles. The van der Waals surface area contributed by atoms with E-state index in [4.69, 9.17) is 22.2 Å². The van der Waals surface area contributed by atoms with Gasteiger partial charge in [-0.25, -0.2) is 9.37 Å². The molecule has 0 bridgehead atoms. The summed E-state index contributed by atoms with van der Waals surface area (Å²) in [5.41, 5.74) is -1.95. The van der Waals surface area contributed by atoms with Crippen molar-refractivity contribution in [2.24, 2.45) is 0 Å². The standard InChI is InChI=1S/C27H20F4N4O2S/c28-21-8-7-18(14-23(21)37-12-9-17-5-2-1-3-6-17)35-25(38)34(24(36)26(35)10-4-11-26)19-13-20(27(29,30)31)22(15-32)33-16-19/h1-3,5-8,13-14,16H,4,9-12H2. The van der Waals surface area contributed by atoms with Gasteiger partial charge in [-0.2, -0.15) is 18.4 Å². The topological polar surface area (TPSA) is 69.5 Å². The number of halogens is 4. The van der Waals surface area contributed by atoms with Crippen LogP contribution in [-0.2, 0) is 17.4 Å². The molecule has 0 atom stereocenters. The molecule has 1 saturated carbocycles. The second kappa shape index (κ2) is 9.68. The van der Waals surface area contributed by atoms with Crippen LogP contribution in [0.1, 0.15) is 36.1 Å². The number of amides is 1. The fourth-order valence-electron chi connectivity index (χ4n) is 4.75. The molecule has 1 amide bonds. The molecule has 5 rings (SSSR count). The van der Waals surface area contributed by atoms with Crippen LogP contribution in [0.2, 0.25) is 0 Å². The fourth-order valence-corrected chi connectivity index (χ4v) is 5.22. The van der Waals surface area contributed by atoms with Gasteiger partial charge in [-0.15, -0.1) is 0 Å². The summed E-state index contributed by atoms with van der Waals surface area (Å²) >= 11 is 5.60. The summed E-state index contributed by atoms with van der Waals surface area (Å²) in [4.78, 5) is 19.8. The van der Waals surface area contributed by atoms with Gasteiger partial charge in [0.1, 0.15) is 11.6 Å². The highest BCUT2D eigenvalue weighted by Gasteiger charge is 2.60. The Morgan fingerprint density at radius 2 is 1.84 bits per heavy atom. The molecule has 0 radical (unpaired) electrons. The first-order valence-corrected chi connectivity index (χ1v) is 12.2. The van der Waals surface area contributed by atoms with Crippen molar-refractivity contribution < 1.29 is 27.1 Å². The Labute approximate surface area is 221 Å². The molecule has 1 spiro atoms. The number of anilines is 2. The minimum atomic E-state index is -4.85. The Balaban J connectivity index is 1.47. The maximum atomic E-state index is 14.6. The summed E-state index contributed by atoms with van der Waals surface area (Å²) in [6.45, 7) is 0.210. The summed E-state index contributed by atoms with van der Waals surface area (Å²) < 4.78 is 61.0. The van der Waals surface area contributed by atoms with Crippen molar-refractivity contribution in [1.29, 1.82) is 5.26 Å². The molecule has 1 aromatic heterocycles. The van der Waals surface area contributed by atoms with Crippen molar-refractivity contribution in [3.8, 4) is 11.8 Å². The van der Waals surface area contributed by atoms with Gasteiger partial charge in [-0.05, 0) is 55.2 Å². The van der Waals surface area contributed by atoms with E-state index in [9.17, 15) is 22.4 Å². The number of hydrogen-bond acceptors (Lipinski definition) is 5. The van der Waals surface area contributed by atoms with E-state index in [1.165, 1.54) is 24.3 Å². The third-order valence-electron chi connectivity index (χ3n) is 6.80. The average Bonchev–Trinajstić information content (AvgIpc) is 3.11. The molecular formula is C27H20F4N4O2S. The second-order valence-electron chi connectivity index (χ2n) is 9.04. The van der Waals surface area contributed by atoms with Gasteiger partial charge in [-0.1, -0.05) is 30.3 Å². The van der Waals surface area contributed by atoms with E-state index in [1.807, 2.05) is 30.3 Å². The number of benzene rings is 2. The zero-order chi connectivity index (χ0) is 27.1. The predicted octanol–water partition coefficient (Wildman–Crippen LogP) is 5.79. The van der Waals surface area contributed by atoms with E-state index in [0.717, 1.165) is 16.7 Å². The molecule has 6 nitrogen and oxygen atoms in total. The number of nitrogens with zero attached hydrogens (tertiary/aromatic N) is 4.